The highest BCUT2D eigenvalue weighted by Gasteiger charge is 2.05. The van der Waals surface area contributed by atoms with Gasteiger partial charge in [0, 0.05) is 25.3 Å². The Labute approximate surface area is 145 Å². The van der Waals surface area contributed by atoms with Crippen LogP contribution in [-0.2, 0) is 24.4 Å². The van der Waals surface area contributed by atoms with Crippen LogP contribution in [0.2, 0.25) is 0 Å². The Morgan fingerprint density at radius 2 is 1.62 bits per heavy atom. The number of nitrogens with one attached hydrogen (secondary N) is 1. The lowest BCUT2D eigenvalue weighted by Crippen LogP contribution is -2.15. The van der Waals surface area contributed by atoms with Gasteiger partial charge in [0.1, 0.15) is 12.4 Å². The predicted octanol–water partition coefficient (Wildman–Crippen LogP) is 3.92. The van der Waals surface area contributed by atoms with E-state index >= 15 is 0 Å². The summed E-state index contributed by atoms with van der Waals surface area (Å²) in [7, 11) is 0. The van der Waals surface area contributed by atoms with Gasteiger partial charge < -0.3 is 14.8 Å². The van der Waals surface area contributed by atoms with E-state index in [1.807, 2.05) is 18.2 Å². The lowest BCUT2D eigenvalue weighted by Gasteiger charge is -2.13. The van der Waals surface area contributed by atoms with Gasteiger partial charge in [-0.05, 0) is 23.6 Å². The molecule has 0 fully saturated rings. The van der Waals surface area contributed by atoms with Crippen LogP contribution >= 0.6 is 0 Å². The van der Waals surface area contributed by atoms with Crippen LogP contribution in [0.3, 0.4) is 0 Å². The van der Waals surface area contributed by atoms with Gasteiger partial charge in [0.25, 0.3) is 0 Å². The second-order valence-electron chi connectivity index (χ2n) is 5.53. The highest BCUT2D eigenvalue weighted by molar-refractivity contribution is 5.33. The molecule has 0 unspecified atom stereocenters. The summed E-state index contributed by atoms with van der Waals surface area (Å²) in [5.41, 5.74) is 3.60. The summed E-state index contributed by atoms with van der Waals surface area (Å²) in [4.78, 5) is 0. The second kappa shape index (κ2) is 10.5. The first kappa shape index (κ1) is 18.1. The molecule has 1 N–H and O–H groups in total. The molecule has 0 aliphatic rings. The molecule has 0 amide bonds. The third kappa shape index (κ3) is 5.73. The highest BCUT2D eigenvalue weighted by atomic mass is 16.5. The summed E-state index contributed by atoms with van der Waals surface area (Å²) in [6.45, 7) is 5.37. The molecule has 2 rings (SSSR count). The van der Waals surface area contributed by atoms with E-state index in [1.165, 1.54) is 11.1 Å². The van der Waals surface area contributed by atoms with Crippen molar-refractivity contribution >= 4 is 0 Å². The van der Waals surface area contributed by atoms with E-state index in [0.29, 0.717) is 6.61 Å². The molecule has 0 aromatic heterocycles. The van der Waals surface area contributed by atoms with Gasteiger partial charge in [-0.15, -0.1) is 6.42 Å². The molecule has 3 nitrogen and oxygen atoms in total. The zero-order chi connectivity index (χ0) is 17.0. The molecule has 3 heteroatoms. The van der Waals surface area contributed by atoms with Crippen molar-refractivity contribution in [2.75, 3.05) is 13.2 Å². The lowest BCUT2D eigenvalue weighted by molar-refractivity contribution is 0.121. The van der Waals surface area contributed by atoms with Gasteiger partial charge in [-0.2, -0.15) is 0 Å². The molecule has 0 atom stereocenters. The number of rotatable bonds is 10. The molecule has 0 saturated carbocycles. The SMILES string of the molecule is C#CCOc1ccccc1CNCc1ccccc1COCCC. The van der Waals surface area contributed by atoms with Crippen molar-refractivity contribution in [2.45, 2.75) is 33.0 Å². The maximum Gasteiger partial charge on any atom is 0.148 e. The zero-order valence-electron chi connectivity index (χ0n) is 14.3. The van der Waals surface area contributed by atoms with Crippen LogP contribution in [0.25, 0.3) is 0 Å². The summed E-state index contributed by atoms with van der Waals surface area (Å²) in [6, 6.07) is 16.3. The largest absolute Gasteiger partial charge is 0.481 e. The first-order valence-corrected chi connectivity index (χ1v) is 8.34. The van der Waals surface area contributed by atoms with Crippen molar-refractivity contribution in [2.24, 2.45) is 0 Å². The number of hydrogen-bond donors (Lipinski definition) is 1. The fourth-order valence-corrected chi connectivity index (χ4v) is 2.44. The summed E-state index contributed by atoms with van der Waals surface area (Å²) in [5, 5.41) is 3.48. The minimum atomic E-state index is 0.286. The third-order valence-corrected chi connectivity index (χ3v) is 3.64. The smallest absolute Gasteiger partial charge is 0.148 e. The van der Waals surface area contributed by atoms with Crippen molar-refractivity contribution in [3.05, 3.63) is 65.2 Å². The number of para-hydroxylation sites is 1. The number of benzene rings is 2. The molecule has 126 valence electrons. The molecular formula is C21H25NO2. The van der Waals surface area contributed by atoms with E-state index in [0.717, 1.165) is 37.4 Å². The quantitative estimate of drug-likeness (QED) is 0.531. The first-order chi connectivity index (χ1) is 11.8. The average molecular weight is 323 g/mol. The van der Waals surface area contributed by atoms with Crippen LogP contribution in [-0.4, -0.2) is 13.2 Å². The summed E-state index contributed by atoms with van der Waals surface area (Å²) >= 11 is 0. The topological polar surface area (TPSA) is 30.5 Å². The molecule has 0 bridgehead atoms. The standard InChI is InChI=1S/C21H25NO2/c1-3-13-23-17-20-11-6-5-9-18(20)15-22-16-19-10-7-8-12-21(19)24-14-4-2/h2,5-12,22H,3,13-17H2,1H3. The van der Waals surface area contributed by atoms with Crippen LogP contribution in [0.4, 0.5) is 0 Å². The Bertz CT molecular complexity index is 661. The van der Waals surface area contributed by atoms with Crippen molar-refractivity contribution < 1.29 is 9.47 Å². The summed E-state index contributed by atoms with van der Waals surface area (Å²) in [5.74, 6) is 3.34. The summed E-state index contributed by atoms with van der Waals surface area (Å²) < 4.78 is 11.3. The second-order valence-corrected chi connectivity index (χ2v) is 5.53. The number of hydrogen-bond acceptors (Lipinski definition) is 3. The van der Waals surface area contributed by atoms with E-state index in [1.54, 1.807) is 0 Å². The molecule has 0 saturated heterocycles. The third-order valence-electron chi connectivity index (χ3n) is 3.64. The predicted molar refractivity (Wildman–Crippen MR) is 97.7 cm³/mol. The van der Waals surface area contributed by atoms with Crippen molar-refractivity contribution in [1.29, 1.82) is 0 Å². The summed E-state index contributed by atoms with van der Waals surface area (Å²) in [6.07, 6.45) is 6.30. The maximum absolute atomic E-state index is 5.67. The fourth-order valence-electron chi connectivity index (χ4n) is 2.44. The molecular weight excluding hydrogens is 298 g/mol. The molecule has 0 aliphatic carbocycles. The van der Waals surface area contributed by atoms with E-state index in [-0.39, 0.29) is 6.61 Å². The Kier molecular flexibility index (Phi) is 7.89. The monoisotopic (exact) mass is 323 g/mol. The Morgan fingerprint density at radius 1 is 0.958 bits per heavy atom. The van der Waals surface area contributed by atoms with Crippen LogP contribution in [0.1, 0.15) is 30.0 Å². The van der Waals surface area contributed by atoms with Gasteiger partial charge >= 0.3 is 0 Å². The van der Waals surface area contributed by atoms with Gasteiger partial charge in [0.05, 0.1) is 6.61 Å². The van der Waals surface area contributed by atoms with Crippen molar-refractivity contribution in [1.82, 2.24) is 5.32 Å². The van der Waals surface area contributed by atoms with Crippen LogP contribution < -0.4 is 10.1 Å². The Morgan fingerprint density at radius 3 is 2.38 bits per heavy atom. The normalized spacial score (nSPS) is 10.3. The molecule has 0 radical (unpaired) electrons. The van der Waals surface area contributed by atoms with E-state index < -0.39 is 0 Å². The Balaban J connectivity index is 1.92. The van der Waals surface area contributed by atoms with Crippen LogP contribution in [0, 0.1) is 12.3 Å². The molecule has 0 spiro atoms. The van der Waals surface area contributed by atoms with Gasteiger partial charge in [-0.25, -0.2) is 0 Å². The van der Waals surface area contributed by atoms with Crippen molar-refractivity contribution in [3.63, 3.8) is 0 Å². The molecule has 0 heterocycles. The van der Waals surface area contributed by atoms with Gasteiger partial charge in [-0.1, -0.05) is 55.3 Å². The van der Waals surface area contributed by atoms with E-state index in [9.17, 15) is 0 Å². The maximum atomic E-state index is 5.67. The van der Waals surface area contributed by atoms with Crippen LogP contribution in [0.15, 0.2) is 48.5 Å². The fraction of sp³-hybridized carbons (Fsp3) is 0.333. The number of terminal acetylenes is 1. The van der Waals surface area contributed by atoms with Crippen LogP contribution in [0.5, 0.6) is 5.75 Å². The minimum Gasteiger partial charge on any atom is -0.481 e. The zero-order valence-corrected chi connectivity index (χ0v) is 14.3. The molecule has 2 aromatic rings. The molecule has 2 aromatic carbocycles. The lowest BCUT2D eigenvalue weighted by atomic mass is 10.1. The first-order valence-electron chi connectivity index (χ1n) is 8.34. The Hall–Kier alpha value is -2.28. The average Bonchev–Trinajstić information content (AvgIpc) is 2.62. The van der Waals surface area contributed by atoms with Gasteiger partial charge in [-0.3, -0.25) is 0 Å². The van der Waals surface area contributed by atoms with E-state index in [2.05, 4.69) is 48.5 Å². The molecule has 24 heavy (non-hydrogen) atoms. The highest BCUT2D eigenvalue weighted by Crippen LogP contribution is 2.18. The van der Waals surface area contributed by atoms with Crippen molar-refractivity contribution in [3.8, 4) is 18.1 Å². The molecule has 0 aliphatic heterocycles. The van der Waals surface area contributed by atoms with Gasteiger partial charge in [0.15, 0.2) is 0 Å². The van der Waals surface area contributed by atoms with Gasteiger partial charge in [0.2, 0.25) is 0 Å². The van der Waals surface area contributed by atoms with E-state index in [4.69, 9.17) is 15.9 Å². The number of ether oxygens (including phenoxy) is 2. The minimum absolute atomic E-state index is 0.286.